The summed E-state index contributed by atoms with van der Waals surface area (Å²) in [6.07, 6.45) is 6.03. The predicted octanol–water partition coefficient (Wildman–Crippen LogP) is 2.39. The lowest BCUT2D eigenvalue weighted by atomic mass is 10.2. The Kier molecular flexibility index (Phi) is 2.80. The highest BCUT2D eigenvalue weighted by molar-refractivity contribution is 6.30. The van der Waals surface area contributed by atoms with E-state index in [9.17, 15) is 4.79 Å². The first-order valence-corrected chi connectivity index (χ1v) is 6.73. The first-order valence-electron chi connectivity index (χ1n) is 6.35. The van der Waals surface area contributed by atoms with Gasteiger partial charge in [-0.1, -0.05) is 11.6 Å². The molecular formula is C14H8ClN5O2. The summed E-state index contributed by atoms with van der Waals surface area (Å²) in [5.41, 5.74) is 1.96. The summed E-state index contributed by atoms with van der Waals surface area (Å²) < 4.78 is 6.52. The zero-order chi connectivity index (χ0) is 15.1. The number of aromatic nitrogens is 5. The molecule has 0 amide bonds. The number of hydrogen-bond acceptors (Lipinski definition) is 5. The minimum absolute atomic E-state index is 0.279. The van der Waals surface area contributed by atoms with Crippen LogP contribution in [0, 0.1) is 0 Å². The largest absolute Gasteiger partial charge is 0.444 e. The zero-order valence-electron chi connectivity index (χ0n) is 11.0. The molecule has 0 aromatic carbocycles. The summed E-state index contributed by atoms with van der Waals surface area (Å²) >= 11 is 5.83. The van der Waals surface area contributed by atoms with Gasteiger partial charge in [-0.2, -0.15) is 9.61 Å². The molecule has 0 aliphatic rings. The molecular weight excluding hydrogens is 306 g/mol. The molecule has 0 fully saturated rings. The van der Waals surface area contributed by atoms with Crippen LogP contribution >= 0.6 is 11.6 Å². The molecule has 0 saturated carbocycles. The summed E-state index contributed by atoms with van der Waals surface area (Å²) in [5.74, 6) is 0.381. The van der Waals surface area contributed by atoms with Crippen LogP contribution in [0.4, 0.5) is 0 Å². The van der Waals surface area contributed by atoms with Crippen molar-refractivity contribution in [3.63, 3.8) is 0 Å². The van der Waals surface area contributed by atoms with Crippen molar-refractivity contribution in [1.82, 2.24) is 24.6 Å². The second kappa shape index (κ2) is 4.81. The number of fused-ring (bicyclic) bond motifs is 1. The molecule has 0 unspecified atom stereocenters. The molecule has 108 valence electrons. The number of oxazole rings is 1. The Morgan fingerprint density at radius 3 is 2.86 bits per heavy atom. The number of rotatable bonds is 2. The minimum Gasteiger partial charge on any atom is -0.444 e. The number of hydrogen-bond donors (Lipinski definition) is 1. The number of H-pyrrole nitrogens is 1. The van der Waals surface area contributed by atoms with Crippen molar-refractivity contribution in [2.24, 2.45) is 0 Å². The van der Waals surface area contributed by atoms with E-state index >= 15 is 0 Å². The van der Waals surface area contributed by atoms with E-state index in [0.717, 1.165) is 0 Å². The zero-order valence-corrected chi connectivity index (χ0v) is 11.8. The molecule has 22 heavy (non-hydrogen) atoms. The van der Waals surface area contributed by atoms with Crippen LogP contribution in [0.15, 0.2) is 52.3 Å². The van der Waals surface area contributed by atoms with Gasteiger partial charge in [0.05, 0.1) is 28.8 Å². The van der Waals surface area contributed by atoms with Crippen molar-refractivity contribution in [1.29, 1.82) is 0 Å². The predicted molar refractivity (Wildman–Crippen MR) is 79.6 cm³/mol. The van der Waals surface area contributed by atoms with Gasteiger partial charge in [-0.05, 0) is 12.1 Å². The van der Waals surface area contributed by atoms with Crippen LogP contribution in [0.5, 0.6) is 0 Å². The van der Waals surface area contributed by atoms with E-state index in [4.69, 9.17) is 16.0 Å². The molecule has 4 rings (SSSR count). The third kappa shape index (κ3) is 1.99. The Bertz CT molecular complexity index is 1000. The van der Waals surface area contributed by atoms with Crippen LogP contribution in [0.1, 0.15) is 0 Å². The molecule has 0 bridgehead atoms. The first-order chi connectivity index (χ1) is 10.7. The van der Waals surface area contributed by atoms with Crippen molar-refractivity contribution < 1.29 is 4.42 Å². The van der Waals surface area contributed by atoms with Gasteiger partial charge in [-0.15, -0.1) is 0 Å². The van der Waals surface area contributed by atoms with Gasteiger partial charge in [-0.3, -0.25) is 9.78 Å². The minimum atomic E-state index is -0.279. The Labute approximate surface area is 128 Å². The maximum absolute atomic E-state index is 12.2. The molecule has 4 aromatic heterocycles. The third-order valence-corrected chi connectivity index (χ3v) is 3.39. The summed E-state index contributed by atoms with van der Waals surface area (Å²) in [5, 5.41) is 4.58. The Morgan fingerprint density at radius 1 is 1.23 bits per heavy atom. The molecule has 0 aliphatic carbocycles. The van der Waals surface area contributed by atoms with Crippen LogP contribution in [-0.4, -0.2) is 24.6 Å². The van der Waals surface area contributed by atoms with Gasteiger partial charge < -0.3 is 9.40 Å². The number of nitrogens with one attached hydrogen (secondary N) is 1. The van der Waals surface area contributed by atoms with Crippen molar-refractivity contribution in [2.45, 2.75) is 0 Å². The Morgan fingerprint density at radius 2 is 2.14 bits per heavy atom. The molecule has 7 nitrogen and oxygen atoms in total. The lowest BCUT2D eigenvalue weighted by Crippen LogP contribution is -2.14. The third-order valence-electron chi connectivity index (χ3n) is 3.16. The monoisotopic (exact) mass is 313 g/mol. The van der Waals surface area contributed by atoms with Gasteiger partial charge in [0.15, 0.2) is 5.65 Å². The van der Waals surface area contributed by atoms with E-state index in [0.29, 0.717) is 33.5 Å². The number of halogens is 1. The molecule has 8 heteroatoms. The topological polar surface area (TPSA) is 89.1 Å². The van der Waals surface area contributed by atoms with E-state index < -0.39 is 0 Å². The lowest BCUT2D eigenvalue weighted by molar-refractivity contribution is 0.575. The van der Waals surface area contributed by atoms with Crippen molar-refractivity contribution in [3.8, 4) is 22.8 Å². The number of pyridine rings is 1. The molecule has 0 saturated heterocycles. The average molecular weight is 314 g/mol. The Balaban J connectivity index is 1.96. The highest BCUT2D eigenvalue weighted by atomic mass is 35.5. The smallest absolute Gasteiger partial charge is 0.274 e. The number of nitrogens with zero attached hydrogens (tertiary/aromatic N) is 4. The fourth-order valence-corrected chi connectivity index (χ4v) is 2.28. The van der Waals surface area contributed by atoms with Gasteiger partial charge in [-0.25, -0.2) is 4.98 Å². The van der Waals surface area contributed by atoms with Gasteiger partial charge >= 0.3 is 0 Å². The molecule has 0 spiro atoms. The van der Waals surface area contributed by atoms with Crippen LogP contribution in [0.3, 0.4) is 0 Å². The molecule has 0 atom stereocenters. The van der Waals surface area contributed by atoms with E-state index in [1.165, 1.54) is 35.4 Å². The average Bonchev–Trinajstić information content (AvgIpc) is 3.16. The molecule has 0 aliphatic heterocycles. The second-order valence-corrected chi connectivity index (χ2v) is 4.98. The van der Waals surface area contributed by atoms with Crippen molar-refractivity contribution in [3.05, 3.63) is 58.4 Å². The van der Waals surface area contributed by atoms with Gasteiger partial charge in [0.1, 0.15) is 11.8 Å². The van der Waals surface area contributed by atoms with Gasteiger partial charge in [0.25, 0.3) is 5.56 Å². The standard InChI is InChI=1S/C14H8ClN5O2/c15-8-1-2-10(17-6-8)11-5-12(21)20-13(19-11)9(7-18-20)14-16-3-4-22-14/h1-7,19H. The quantitative estimate of drug-likeness (QED) is 0.613. The fraction of sp³-hybridized carbons (Fsp3) is 0. The highest BCUT2D eigenvalue weighted by Gasteiger charge is 2.14. The van der Waals surface area contributed by atoms with Crippen molar-refractivity contribution in [2.75, 3.05) is 0 Å². The molecule has 1 N–H and O–H groups in total. The summed E-state index contributed by atoms with van der Waals surface area (Å²) in [6, 6.07) is 4.86. The van der Waals surface area contributed by atoms with Crippen LogP contribution in [0.25, 0.3) is 28.5 Å². The molecule has 0 radical (unpaired) electrons. The van der Waals surface area contributed by atoms with Crippen LogP contribution in [0.2, 0.25) is 5.02 Å². The van der Waals surface area contributed by atoms with Crippen LogP contribution < -0.4 is 5.56 Å². The summed E-state index contributed by atoms with van der Waals surface area (Å²) in [6.45, 7) is 0. The normalized spacial score (nSPS) is 11.1. The van der Waals surface area contributed by atoms with Crippen LogP contribution in [-0.2, 0) is 0 Å². The second-order valence-electron chi connectivity index (χ2n) is 4.54. The van der Waals surface area contributed by atoms with Crippen molar-refractivity contribution >= 4 is 17.2 Å². The van der Waals surface area contributed by atoms with Gasteiger partial charge in [0, 0.05) is 12.3 Å². The van der Waals surface area contributed by atoms with E-state index in [2.05, 4.69) is 20.1 Å². The lowest BCUT2D eigenvalue weighted by Gasteiger charge is -2.03. The van der Waals surface area contributed by atoms with E-state index in [-0.39, 0.29) is 5.56 Å². The maximum atomic E-state index is 12.2. The first kappa shape index (κ1) is 12.8. The molecule has 4 aromatic rings. The summed E-state index contributed by atoms with van der Waals surface area (Å²) in [4.78, 5) is 23.6. The molecule has 4 heterocycles. The SMILES string of the molecule is O=c1cc(-c2ccc(Cl)cn2)[nH]c2c(-c3ncco3)cnn12. The Hall–Kier alpha value is -2.93. The van der Waals surface area contributed by atoms with E-state index in [1.807, 2.05) is 0 Å². The fourth-order valence-electron chi connectivity index (χ4n) is 2.17. The van der Waals surface area contributed by atoms with E-state index in [1.54, 1.807) is 12.1 Å². The summed E-state index contributed by atoms with van der Waals surface area (Å²) in [7, 11) is 0. The highest BCUT2D eigenvalue weighted by Crippen LogP contribution is 2.22. The number of aromatic amines is 1. The maximum Gasteiger partial charge on any atom is 0.274 e. The van der Waals surface area contributed by atoms with Gasteiger partial charge in [0.2, 0.25) is 5.89 Å².